The van der Waals surface area contributed by atoms with Crippen molar-refractivity contribution in [1.29, 1.82) is 0 Å². The summed E-state index contributed by atoms with van der Waals surface area (Å²) >= 11 is 0. The van der Waals surface area contributed by atoms with Crippen LogP contribution in [-0.4, -0.2) is 23.3 Å². The van der Waals surface area contributed by atoms with E-state index >= 15 is 0 Å². The Hall–Kier alpha value is -0.790. The van der Waals surface area contributed by atoms with E-state index in [1.807, 2.05) is 6.08 Å². The van der Waals surface area contributed by atoms with Gasteiger partial charge in [-0.3, -0.25) is 4.79 Å². The number of carbonyl (C=O) groups excluding carboxylic acids is 1. The number of hydrogen-bond donors (Lipinski definition) is 0. The highest BCUT2D eigenvalue weighted by molar-refractivity contribution is 5.92. The molecule has 0 spiro atoms. The summed E-state index contributed by atoms with van der Waals surface area (Å²) in [7, 11) is 0. The second-order valence-electron chi connectivity index (χ2n) is 5.59. The van der Waals surface area contributed by atoms with E-state index in [0.29, 0.717) is 17.7 Å². The third kappa shape index (κ3) is 2.66. The third-order valence-corrected chi connectivity index (χ3v) is 3.65. The molecule has 2 aliphatic carbocycles. The highest BCUT2D eigenvalue weighted by atomic mass is 16.1. The Balaban J connectivity index is 2.07. The predicted molar refractivity (Wildman–Crippen MR) is 66.1 cm³/mol. The molecule has 2 aliphatic rings. The molecular weight excluding hydrogens is 198 g/mol. The number of rotatable bonds is 4. The van der Waals surface area contributed by atoms with Crippen molar-refractivity contribution in [2.24, 2.45) is 5.92 Å². The van der Waals surface area contributed by atoms with Gasteiger partial charge in [0.1, 0.15) is 0 Å². The lowest BCUT2D eigenvalue weighted by Gasteiger charge is -2.33. The quantitative estimate of drug-likeness (QED) is 0.727. The minimum Gasteiger partial charge on any atom is -0.371 e. The molecule has 0 aliphatic heterocycles. The number of allylic oxidation sites excluding steroid dienone is 2. The van der Waals surface area contributed by atoms with Gasteiger partial charge in [-0.05, 0) is 25.2 Å². The van der Waals surface area contributed by atoms with E-state index in [-0.39, 0.29) is 0 Å². The van der Waals surface area contributed by atoms with Crippen LogP contribution in [0.5, 0.6) is 0 Å². The van der Waals surface area contributed by atoms with Crippen LogP contribution in [-0.2, 0) is 4.79 Å². The van der Waals surface area contributed by atoms with Gasteiger partial charge >= 0.3 is 0 Å². The van der Waals surface area contributed by atoms with Crippen molar-refractivity contribution in [2.75, 3.05) is 6.54 Å². The van der Waals surface area contributed by atoms with Gasteiger partial charge in [0.15, 0.2) is 5.78 Å². The SMILES string of the molecule is CC(C)CN(C1=CC(=O)CC1)C1CCCC1. The summed E-state index contributed by atoms with van der Waals surface area (Å²) in [6.45, 7) is 5.64. The van der Waals surface area contributed by atoms with E-state index in [1.165, 1.54) is 31.4 Å². The molecule has 0 aromatic heterocycles. The average molecular weight is 221 g/mol. The predicted octanol–water partition coefficient (Wildman–Crippen LogP) is 3.13. The molecule has 0 unspecified atom stereocenters. The monoisotopic (exact) mass is 221 g/mol. The van der Waals surface area contributed by atoms with E-state index in [4.69, 9.17) is 0 Å². The highest BCUT2D eigenvalue weighted by Gasteiger charge is 2.27. The Labute approximate surface area is 98.7 Å². The molecule has 90 valence electrons. The molecule has 0 bridgehead atoms. The molecule has 2 rings (SSSR count). The molecule has 16 heavy (non-hydrogen) atoms. The van der Waals surface area contributed by atoms with Crippen molar-refractivity contribution in [2.45, 2.75) is 58.4 Å². The third-order valence-electron chi connectivity index (χ3n) is 3.65. The molecule has 2 heteroatoms. The Morgan fingerprint density at radius 3 is 2.50 bits per heavy atom. The van der Waals surface area contributed by atoms with E-state index in [2.05, 4.69) is 18.7 Å². The summed E-state index contributed by atoms with van der Waals surface area (Å²) in [5, 5.41) is 0. The fraction of sp³-hybridized carbons (Fsp3) is 0.786. The molecule has 1 fully saturated rings. The molecule has 0 aromatic carbocycles. The second-order valence-corrected chi connectivity index (χ2v) is 5.59. The number of nitrogens with zero attached hydrogens (tertiary/aromatic N) is 1. The average Bonchev–Trinajstić information content (AvgIpc) is 2.84. The lowest BCUT2D eigenvalue weighted by Crippen LogP contribution is -2.35. The van der Waals surface area contributed by atoms with Gasteiger partial charge < -0.3 is 4.90 Å². The van der Waals surface area contributed by atoms with E-state index in [1.54, 1.807) is 0 Å². The Morgan fingerprint density at radius 1 is 1.31 bits per heavy atom. The maximum atomic E-state index is 11.4. The summed E-state index contributed by atoms with van der Waals surface area (Å²) in [4.78, 5) is 13.9. The molecule has 0 heterocycles. The van der Waals surface area contributed by atoms with Crippen molar-refractivity contribution >= 4 is 5.78 Å². The molecule has 0 saturated heterocycles. The van der Waals surface area contributed by atoms with E-state index < -0.39 is 0 Å². The van der Waals surface area contributed by atoms with Crippen LogP contribution in [0.25, 0.3) is 0 Å². The zero-order chi connectivity index (χ0) is 11.5. The Kier molecular flexibility index (Phi) is 3.67. The van der Waals surface area contributed by atoms with Gasteiger partial charge in [0.25, 0.3) is 0 Å². The van der Waals surface area contributed by atoms with Crippen molar-refractivity contribution in [3.05, 3.63) is 11.8 Å². The van der Waals surface area contributed by atoms with Crippen LogP contribution in [0.3, 0.4) is 0 Å². The number of ketones is 1. The van der Waals surface area contributed by atoms with Crippen molar-refractivity contribution in [3.63, 3.8) is 0 Å². The van der Waals surface area contributed by atoms with Gasteiger partial charge in [-0.15, -0.1) is 0 Å². The van der Waals surface area contributed by atoms with E-state index in [0.717, 1.165) is 19.4 Å². The molecule has 0 radical (unpaired) electrons. The lowest BCUT2D eigenvalue weighted by molar-refractivity contribution is -0.114. The molecule has 0 amide bonds. The van der Waals surface area contributed by atoms with Crippen molar-refractivity contribution < 1.29 is 4.79 Å². The topological polar surface area (TPSA) is 20.3 Å². The number of carbonyl (C=O) groups is 1. The highest BCUT2D eigenvalue weighted by Crippen LogP contribution is 2.30. The van der Waals surface area contributed by atoms with Crippen LogP contribution in [0.15, 0.2) is 11.8 Å². The van der Waals surface area contributed by atoms with Crippen LogP contribution in [0.4, 0.5) is 0 Å². The first-order chi connectivity index (χ1) is 7.66. The zero-order valence-electron chi connectivity index (χ0n) is 10.5. The molecular formula is C14H23NO. The Morgan fingerprint density at radius 2 is 2.00 bits per heavy atom. The van der Waals surface area contributed by atoms with Crippen LogP contribution in [0.1, 0.15) is 52.4 Å². The van der Waals surface area contributed by atoms with Gasteiger partial charge in [0.2, 0.25) is 0 Å². The standard InChI is InChI=1S/C14H23NO/c1-11(2)10-15(12-5-3-4-6-12)13-7-8-14(16)9-13/h9,11-12H,3-8,10H2,1-2H3. The van der Waals surface area contributed by atoms with Gasteiger partial charge in [0, 0.05) is 30.8 Å². The fourth-order valence-electron chi connectivity index (χ4n) is 2.92. The summed E-state index contributed by atoms with van der Waals surface area (Å²) in [6.07, 6.45) is 8.96. The maximum Gasteiger partial charge on any atom is 0.157 e. The summed E-state index contributed by atoms with van der Waals surface area (Å²) in [5.74, 6) is 0.999. The van der Waals surface area contributed by atoms with Crippen LogP contribution in [0.2, 0.25) is 0 Å². The van der Waals surface area contributed by atoms with Gasteiger partial charge in [-0.1, -0.05) is 26.7 Å². The minimum atomic E-state index is 0.321. The largest absolute Gasteiger partial charge is 0.371 e. The summed E-state index contributed by atoms with van der Waals surface area (Å²) in [5.41, 5.74) is 1.31. The van der Waals surface area contributed by atoms with Crippen LogP contribution in [0, 0.1) is 5.92 Å². The van der Waals surface area contributed by atoms with Crippen molar-refractivity contribution in [3.8, 4) is 0 Å². The van der Waals surface area contributed by atoms with E-state index in [9.17, 15) is 4.79 Å². The summed E-state index contributed by atoms with van der Waals surface area (Å²) in [6, 6.07) is 0.708. The van der Waals surface area contributed by atoms with Crippen LogP contribution < -0.4 is 0 Å². The summed E-state index contributed by atoms with van der Waals surface area (Å²) < 4.78 is 0. The molecule has 0 atom stereocenters. The van der Waals surface area contributed by atoms with Gasteiger partial charge in [-0.25, -0.2) is 0 Å². The van der Waals surface area contributed by atoms with Crippen molar-refractivity contribution in [1.82, 2.24) is 4.90 Å². The number of hydrogen-bond acceptors (Lipinski definition) is 2. The maximum absolute atomic E-state index is 11.4. The molecule has 0 N–H and O–H groups in total. The Bertz CT molecular complexity index is 287. The van der Waals surface area contributed by atoms with Crippen LogP contribution >= 0.6 is 0 Å². The zero-order valence-corrected chi connectivity index (χ0v) is 10.5. The smallest absolute Gasteiger partial charge is 0.157 e. The fourth-order valence-corrected chi connectivity index (χ4v) is 2.92. The molecule has 0 aromatic rings. The van der Waals surface area contributed by atoms with Gasteiger partial charge in [0.05, 0.1) is 0 Å². The first-order valence-electron chi connectivity index (χ1n) is 6.67. The molecule has 1 saturated carbocycles. The lowest BCUT2D eigenvalue weighted by atomic mass is 10.1. The second kappa shape index (κ2) is 5.03. The van der Waals surface area contributed by atoms with Gasteiger partial charge in [-0.2, -0.15) is 0 Å². The minimum absolute atomic E-state index is 0.321. The first-order valence-corrected chi connectivity index (χ1v) is 6.67. The normalized spacial score (nSPS) is 21.9. The first kappa shape index (κ1) is 11.7. The molecule has 2 nitrogen and oxygen atoms in total.